The van der Waals surface area contributed by atoms with Crippen molar-refractivity contribution in [2.75, 3.05) is 25.0 Å². The topological polar surface area (TPSA) is 61.4 Å². The number of carbonyl (C=O) groups is 2. The number of urea groups is 1. The molecule has 1 aromatic carbocycles. The van der Waals surface area contributed by atoms with Crippen LogP contribution in [-0.2, 0) is 4.79 Å². The lowest BCUT2D eigenvalue weighted by molar-refractivity contribution is -0.121. The van der Waals surface area contributed by atoms with E-state index in [-0.39, 0.29) is 12.5 Å². The van der Waals surface area contributed by atoms with E-state index in [0.717, 1.165) is 13.1 Å². The molecule has 0 unspecified atom stereocenters. The van der Waals surface area contributed by atoms with Gasteiger partial charge in [0.05, 0.1) is 6.54 Å². The lowest BCUT2D eigenvalue weighted by atomic mass is 10.3. The molecule has 0 aromatic heterocycles. The van der Waals surface area contributed by atoms with E-state index >= 15 is 0 Å². The Labute approximate surface area is 107 Å². The normalized spacial score (nSPS) is 10.2. The number of anilines is 1. The summed E-state index contributed by atoms with van der Waals surface area (Å²) in [4.78, 5) is 25.0. The summed E-state index contributed by atoms with van der Waals surface area (Å²) in [6.45, 7) is 5.74. The second kappa shape index (κ2) is 7.45. The highest BCUT2D eigenvalue weighted by Crippen LogP contribution is 2.03. The van der Waals surface area contributed by atoms with Crippen molar-refractivity contribution in [3.63, 3.8) is 0 Å². The highest BCUT2D eigenvalue weighted by atomic mass is 16.2. The standard InChI is InChI=1S/C13H19N3O2/c1-3-16(4-2)10-12(17)15-13(18)14-11-8-6-5-7-9-11/h5-9H,3-4,10H2,1-2H3,(H2,14,15,17,18). The van der Waals surface area contributed by atoms with Crippen LogP contribution in [-0.4, -0.2) is 36.5 Å². The molecule has 0 atom stereocenters. The van der Waals surface area contributed by atoms with Crippen molar-refractivity contribution in [3.05, 3.63) is 30.3 Å². The van der Waals surface area contributed by atoms with Crippen LogP contribution in [0.25, 0.3) is 0 Å². The number of para-hydroxylation sites is 1. The van der Waals surface area contributed by atoms with Crippen LogP contribution in [0.1, 0.15) is 13.8 Å². The van der Waals surface area contributed by atoms with Gasteiger partial charge >= 0.3 is 6.03 Å². The van der Waals surface area contributed by atoms with Gasteiger partial charge in [-0.25, -0.2) is 4.79 Å². The molecule has 0 fully saturated rings. The van der Waals surface area contributed by atoms with Gasteiger partial charge in [0.25, 0.3) is 0 Å². The third-order valence-corrected chi connectivity index (χ3v) is 2.55. The first-order valence-electron chi connectivity index (χ1n) is 6.04. The molecule has 0 heterocycles. The predicted molar refractivity (Wildman–Crippen MR) is 71.4 cm³/mol. The first kappa shape index (κ1) is 14.2. The summed E-state index contributed by atoms with van der Waals surface area (Å²) >= 11 is 0. The number of hydrogen-bond acceptors (Lipinski definition) is 3. The van der Waals surface area contributed by atoms with Crippen LogP contribution >= 0.6 is 0 Å². The van der Waals surface area contributed by atoms with Gasteiger partial charge in [-0.3, -0.25) is 15.0 Å². The van der Waals surface area contributed by atoms with Gasteiger partial charge in [-0.05, 0) is 25.2 Å². The van der Waals surface area contributed by atoms with Crippen LogP contribution in [0.5, 0.6) is 0 Å². The van der Waals surface area contributed by atoms with E-state index in [1.807, 2.05) is 36.9 Å². The zero-order valence-corrected chi connectivity index (χ0v) is 10.8. The molecule has 2 N–H and O–H groups in total. The number of nitrogens with one attached hydrogen (secondary N) is 2. The molecule has 0 saturated carbocycles. The Morgan fingerprint density at radius 3 is 2.28 bits per heavy atom. The Morgan fingerprint density at radius 1 is 1.11 bits per heavy atom. The van der Waals surface area contributed by atoms with Gasteiger partial charge in [0.1, 0.15) is 0 Å². The molecule has 0 bridgehead atoms. The molecular formula is C13H19N3O2. The molecule has 0 saturated heterocycles. The summed E-state index contributed by atoms with van der Waals surface area (Å²) in [6, 6.07) is 8.50. The summed E-state index contributed by atoms with van der Waals surface area (Å²) in [6.07, 6.45) is 0. The quantitative estimate of drug-likeness (QED) is 0.834. The third-order valence-electron chi connectivity index (χ3n) is 2.55. The number of carbonyl (C=O) groups excluding carboxylic acids is 2. The molecule has 5 heteroatoms. The fourth-order valence-corrected chi connectivity index (χ4v) is 1.50. The Hall–Kier alpha value is -1.88. The molecule has 0 aliphatic carbocycles. The maximum Gasteiger partial charge on any atom is 0.325 e. The Kier molecular flexibility index (Phi) is 5.87. The fraction of sp³-hybridized carbons (Fsp3) is 0.385. The summed E-state index contributed by atoms with van der Waals surface area (Å²) in [7, 11) is 0. The van der Waals surface area contributed by atoms with Crippen LogP contribution < -0.4 is 10.6 Å². The third kappa shape index (κ3) is 4.97. The number of hydrogen-bond donors (Lipinski definition) is 2. The van der Waals surface area contributed by atoms with Gasteiger partial charge in [-0.2, -0.15) is 0 Å². The second-order valence-corrected chi connectivity index (χ2v) is 3.83. The Morgan fingerprint density at radius 2 is 1.72 bits per heavy atom. The molecule has 0 aliphatic rings. The highest BCUT2D eigenvalue weighted by molar-refractivity contribution is 6.01. The number of benzene rings is 1. The van der Waals surface area contributed by atoms with E-state index in [1.165, 1.54) is 0 Å². The van der Waals surface area contributed by atoms with E-state index < -0.39 is 6.03 Å². The van der Waals surface area contributed by atoms with Gasteiger partial charge in [0.2, 0.25) is 5.91 Å². The zero-order valence-electron chi connectivity index (χ0n) is 10.8. The summed E-state index contributed by atoms with van der Waals surface area (Å²) in [5.74, 6) is -0.299. The van der Waals surface area contributed by atoms with Crippen LogP contribution in [0.2, 0.25) is 0 Å². The van der Waals surface area contributed by atoms with E-state index in [2.05, 4.69) is 10.6 Å². The maximum atomic E-state index is 11.6. The highest BCUT2D eigenvalue weighted by Gasteiger charge is 2.10. The van der Waals surface area contributed by atoms with Crippen molar-refractivity contribution in [3.8, 4) is 0 Å². The minimum absolute atomic E-state index is 0.231. The Balaban J connectivity index is 2.38. The fourth-order valence-electron chi connectivity index (χ4n) is 1.50. The summed E-state index contributed by atoms with van der Waals surface area (Å²) in [5, 5.41) is 4.89. The van der Waals surface area contributed by atoms with Crippen molar-refractivity contribution in [2.24, 2.45) is 0 Å². The molecule has 3 amide bonds. The predicted octanol–water partition coefficient (Wildman–Crippen LogP) is 1.68. The van der Waals surface area contributed by atoms with Crippen LogP contribution in [0.15, 0.2) is 30.3 Å². The monoisotopic (exact) mass is 249 g/mol. The van der Waals surface area contributed by atoms with Crippen molar-refractivity contribution < 1.29 is 9.59 Å². The molecule has 1 rings (SSSR count). The van der Waals surface area contributed by atoms with E-state index in [9.17, 15) is 9.59 Å². The molecular weight excluding hydrogens is 230 g/mol. The minimum atomic E-state index is -0.502. The molecule has 5 nitrogen and oxygen atoms in total. The van der Waals surface area contributed by atoms with Gasteiger partial charge < -0.3 is 5.32 Å². The number of likely N-dealkylation sites (N-methyl/N-ethyl adjacent to an activating group) is 1. The van der Waals surface area contributed by atoms with Crippen molar-refractivity contribution in [2.45, 2.75) is 13.8 Å². The van der Waals surface area contributed by atoms with Gasteiger partial charge in [-0.1, -0.05) is 32.0 Å². The largest absolute Gasteiger partial charge is 0.325 e. The van der Waals surface area contributed by atoms with E-state index in [0.29, 0.717) is 5.69 Å². The SMILES string of the molecule is CCN(CC)CC(=O)NC(=O)Nc1ccccc1. The average Bonchev–Trinajstić information content (AvgIpc) is 2.36. The molecule has 0 spiro atoms. The first-order valence-corrected chi connectivity index (χ1v) is 6.04. The zero-order chi connectivity index (χ0) is 13.4. The van der Waals surface area contributed by atoms with E-state index in [4.69, 9.17) is 0 Å². The lowest BCUT2D eigenvalue weighted by Gasteiger charge is -2.16. The smallest absolute Gasteiger partial charge is 0.308 e. The first-order chi connectivity index (χ1) is 8.65. The van der Waals surface area contributed by atoms with Gasteiger partial charge in [-0.15, -0.1) is 0 Å². The van der Waals surface area contributed by atoms with Crippen LogP contribution in [0, 0.1) is 0 Å². The van der Waals surface area contributed by atoms with Gasteiger partial charge in [0, 0.05) is 5.69 Å². The average molecular weight is 249 g/mol. The Bertz CT molecular complexity index is 388. The molecule has 1 aromatic rings. The van der Waals surface area contributed by atoms with Crippen LogP contribution in [0.4, 0.5) is 10.5 Å². The minimum Gasteiger partial charge on any atom is -0.308 e. The molecule has 18 heavy (non-hydrogen) atoms. The number of nitrogens with zero attached hydrogens (tertiary/aromatic N) is 1. The van der Waals surface area contributed by atoms with Crippen LogP contribution in [0.3, 0.4) is 0 Å². The van der Waals surface area contributed by atoms with Crippen molar-refractivity contribution in [1.29, 1.82) is 0 Å². The number of rotatable bonds is 5. The van der Waals surface area contributed by atoms with Gasteiger partial charge in [0.15, 0.2) is 0 Å². The van der Waals surface area contributed by atoms with Crippen molar-refractivity contribution >= 4 is 17.6 Å². The number of imide groups is 1. The molecule has 0 aliphatic heterocycles. The summed E-state index contributed by atoms with van der Waals surface area (Å²) in [5.41, 5.74) is 0.658. The molecule has 98 valence electrons. The summed E-state index contributed by atoms with van der Waals surface area (Å²) < 4.78 is 0. The van der Waals surface area contributed by atoms with E-state index in [1.54, 1.807) is 12.1 Å². The second-order valence-electron chi connectivity index (χ2n) is 3.83. The lowest BCUT2D eigenvalue weighted by Crippen LogP contribution is -2.41. The van der Waals surface area contributed by atoms with Crippen molar-refractivity contribution in [1.82, 2.24) is 10.2 Å². The molecule has 0 radical (unpaired) electrons. The maximum absolute atomic E-state index is 11.6. The number of amides is 3.